The average Bonchev–Trinajstić information content (AvgIpc) is 3.15. The molecule has 3 rings (SSSR count). The lowest BCUT2D eigenvalue weighted by molar-refractivity contribution is 0.0777. The van der Waals surface area contributed by atoms with Gasteiger partial charge in [0.25, 0.3) is 5.91 Å². The zero-order valence-corrected chi connectivity index (χ0v) is 14.5. The molecule has 1 aliphatic heterocycles. The van der Waals surface area contributed by atoms with Crippen molar-refractivity contribution in [3.8, 4) is 11.3 Å². The average molecular weight is 355 g/mol. The van der Waals surface area contributed by atoms with Crippen LogP contribution in [-0.4, -0.2) is 40.6 Å². The quantitative estimate of drug-likeness (QED) is 0.889. The monoisotopic (exact) mass is 354 g/mol. The fourth-order valence-electron chi connectivity index (χ4n) is 2.82. The molecule has 1 fully saturated rings. The highest BCUT2D eigenvalue weighted by atomic mass is 35.5. The summed E-state index contributed by atoms with van der Waals surface area (Å²) < 4.78 is 0. The van der Waals surface area contributed by atoms with Crippen LogP contribution < -0.4 is 5.73 Å². The van der Waals surface area contributed by atoms with E-state index in [0.29, 0.717) is 23.7 Å². The van der Waals surface area contributed by atoms with Crippen LogP contribution in [0.15, 0.2) is 30.5 Å². The lowest BCUT2D eigenvalue weighted by Crippen LogP contribution is -2.34. The molecule has 2 aromatic rings. The van der Waals surface area contributed by atoms with Gasteiger partial charge in [-0.05, 0) is 30.5 Å². The van der Waals surface area contributed by atoms with E-state index in [1.54, 1.807) is 18.3 Å². The fourth-order valence-corrected chi connectivity index (χ4v) is 2.94. The van der Waals surface area contributed by atoms with Crippen LogP contribution in [-0.2, 0) is 0 Å². The zero-order valence-electron chi connectivity index (χ0n) is 12.9. The van der Waals surface area contributed by atoms with Crippen molar-refractivity contribution in [1.82, 2.24) is 15.1 Å². The minimum atomic E-state index is -0.00382. The maximum absolute atomic E-state index is 12.8. The van der Waals surface area contributed by atoms with Crippen molar-refractivity contribution < 1.29 is 4.79 Å². The van der Waals surface area contributed by atoms with E-state index >= 15 is 0 Å². The van der Waals surface area contributed by atoms with Gasteiger partial charge in [-0.2, -0.15) is 5.10 Å². The Labute approximate surface area is 146 Å². The Hall–Kier alpha value is -1.56. The molecule has 1 unspecified atom stereocenters. The van der Waals surface area contributed by atoms with Crippen molar-refractivity contribution in [2.24, 2.45) is 11.1 Å². The summed E-state index contributed by atoms with van der Waals surface area (Å²) in [5.74, 6) is -0.00382. The maximum Gasteiger partial charge on any atom is 0.257 e. The van der Waals surface area contributed by atoms with Gasteiger partial charge in [0.2, 0.25) is 0 Å². The van der Waals surface area contributed by atoms with Gasteiger partial charge in [0.1, 0.15) is 0 Å². The minimum absolute atomic E-state index is 0. The van der Waals surface area contributed by atoms with E-state index in [9.17, 15) is 4.79 Å². The first-order valence-corrected chi connectivity index (χ1v) is 7.69. The number of hydrogen-bond acceptors (Lipinski definition) is 3. The Kier molecular flexibility index (Phi) is 5.34. The number of carbonyl (C=O) groups excluding carboxylic acids is 1. The van der Waals surface area contributed by atoms with Gasteiger partial charge in [-0.1, -0.05) is 30.7 Å². The third kappa shape index (κ3) is 3.52. The molecule has 1 aliphatic rings. The normalized spacial score (nSPS) is 20.4. The molecule has 1 atom stereocenters. The number of amides is 1. The lowest BCUT2D eigenvalue weighted by Gasteiger charge is -2.22. The molecule has 1 saturated heterocycles. The van der Waals surface area contributed by atoms with E-state index < -0.39 is 0 Å². The van der Waals surface area contributed by atoms with Crippen molar-refractivity contribution in [2.75, 3.05) is 19.6 Å². The number of nitrogens with two attached hydrogens (primary N) is 1. The summed E-state index contributed by atoms with van der Waals surface area (Å²) in [6.45, 7) is 4.13. The van der Waals surface area contributed by atoms with E-state index in [-0.39, 0.29) is 23.7 Å². The van der Waals surface area contributed by atoms with Gasteiger partial charge in [-0.15, -0.1) is 12.4 Å². The first kappa shape index (κ1) is 17.8. The van der Waals surface area contributed by atoms with E-state index in [1.165, 1.54) is 0 Å². The van der Waals surface area contributed by atoms with Gasteiger partial charge in [-0.25, -0.2) is 0 Å². The fraction of sp³-hybridized carbons (Fsp3) is 0.375. The summed E-state index contributed by atoms with van der Waals surface area (Å²) in [4.78, 5) is 14.6. The highest BCUT2D eigenvalue weighted by Crippen LogP contribution is 2.31. The molecule has 23 heavy (non-hydrogen) atoms. The molecule has 5 nitrogen and oxygen atoms in total. The van der Waals surface area contributed by atoms with Gasteiger partial charge in [0.05, 0.1) is 17.5 Å². The van der Waals surface area contributed by atoms with Crippen molar-refractivity contribution in [1.29, 1.82) is 0 Å². The summed E-state index contributed by atoms with van der Waals surface area (Å²) in [6, 6.07) is 7.35. The first-order chi connectivity index (χ1) is 10.5. The summed E-state index contributed by atoms with van der Waals surface area (Å²) in [7, 11) is 0. The van der Waals surface area contributed by atoms with Gasteiger partial charge >= 0.3 is 0 Å². The number of aromatic nitrogens is 2. The molecule has 124 valence electrons. The number of nitrogens with zero attached hydrogens (tertiary/aromatic N) is 2. The smallest absolute Gasteiger partial charge is 0.257 e. The molecule has 3 N–H and O–H groups in total. The number of aromatic amines is 1. The summed E-state index contributed by atoms with van der Waals surface area (Å²) in [6.07, 6.45) is 2.52. The third-order valence-corrected chi connectivity index (χ3v) is 4.59. The van der Waals surface area contributed by atoms with Crippen LogP contribution in [0.5, 0.6) is 0 Å². The number of likely N-dealkylation sites (tertiary alicyclic amines) is 1. The van der Waals surface area contributed by atoms with Crippen molar-refractivity contribution in [3.05, 3.63) is 41.0 Å². The number of H-pyrrole nitrogens is 1. The van der Waals surface area contributed by atoms with Crippen LogP contribution >= 0.6 is 24.0 Å². The van der Waals surface area contributed by atoms with E-state index in [0.717, 1.165) is 24.2 Å². The van der Waals surface area contributed by atoms with Crippen LogP contribution in [0.3, 0.4) is 0 Å². The number of halogens is 2. The van der Waals surface area contributed by atoms with Crippen LogP contribution in [0.2, 0.25) is 5.02 Å². The van der Waals surface area contributed by atoms with Gasteiger partial charge < -0.3 is 10.6 Å². The van der Waals surface area contributed by atoms with Gasteiger partial charge in [0, 0.05) is 23.7 Å². The largest absolute Gasteiger partial charge is 0.338 e. The third-order valence-electron chi connectivity index (χ3n) is 4.34. The van der Waals surface area contributed by atoms with E-state index in [1.807, 2.05) is 17.0 Å². The molecule has 0 saturated carbocycles. The SMILES string of the molecule is CC1(CN)CCN(C(=O)c2cn[nH]c2-c2ccc(Cl)cc2)C1.Cl. The number of nitrogens with one attached hydrogen (secondary N) is 1. The van der Waals surface area contributed by atoms with Crippen LogP contribution in [0.4, 0.5) is 0 Å². The van der Waals surface area contributed by atoms with Crippen molar-refractivity contribution in [2.45, 2.75) is 13.3 Å². The summed E-state index contributed by atoms with van der Waals surface area (Å²) in [5.41, 5.74) is 8.04. The van der Waals surface area contributed by atoms with Crippen molar-refractivity contribution >= 4 is 29.9 Å². The van der Waals surface area contributed by atoms with Crippen LogP contribution in [0.1, 0.15) is 23.7 Å². The molecular formula is C16H20Cl2N4O. The topological polar surface area (TPSA) is 75.0 Å². The molecule has 7 heteroatoms. The maximum atomic E-state index is 12.8. The second kappa shape index (κ2) is 6.91. The van der Waals surface area contributed by atoms with Crippen LogP contribution in [0.25, 0.3) is 11.3 Å². The molecule has 0 bridgehead atoms. The zero-order chi connectivity index (χ0) is 15.7. The Morgan fingerprint density at radius 3 is 2.74 bits per heavy atom. The second-order valence-corrected chi connectivity index (χ2v) is 6.59. The lowest BCUT2D eigenvalue weighted by atomic mass is 9.90. The van der Waals surface area contributed by atoms with Gasteiger partial charge in [0.15, 0.2) is 0 Å². The molecule has 1 aromatic heterocycles. The second-order valence-electron chi connectivity index (χ2n) is 6.16. The molecule has 1 aromatic carbocycles. The number of hydrogen-bond donors (Lipinski definition) is 2. The Bertz CT molecular complexity index is 686. The van der Waals surface area contributed by atoms with Crippen LogP contribution in [0, 0.1) is 5.41 Å². The minimum Gasteiger partial charge on any atom is -0.338 e. The number of carbonyl (C=O) groups is 1. The van der Waals surface area contributed by atoms with Crippen molar-refractivity contribution in [3.63, 3.8) is 0 Å². The molecule has 1 amide bonds. The molecular weight excluding hydrogens is 335 g/mol. The van der Waals surface area contributed by atoms with Gasteiger partial charge in [-0.3, -0.25) is 9.89 Å². The highest BCUT2D eigenvalue weighted by molar-refractivity contribution is 6.30. The Balaban J connectivity index is 0.00000192. The van der Waals surface area contributed by atoms with E-state index in [4.69, 9.17) is 17.3 Å². The molecule has 0 spiro atoms. The predicted molar refractivity (Wildman–Crippen MR) is 94.0 cm³/mol. The molecule has 2 heterocycles. The molecule has 0 aliphatic carbocycles. The van der Waals surface area contributed by atoms with E-state index in [2.05, 4.69) is 17.1 Å². The molecule has 0 radical (unpaired) electrons. The summed E-state index contributed by atoms with van der Waals surface area (Å²) >= 11 is 5.91. The predicted octanol–water partition coefficient (Wildman–Crippen LogP) is 2.96. The Morgan fingerprint density at radius 2 is 2.13 bits per heavy atom. The Morgan fingerprint density at radius 1 is 1.43 bits per heavy atom. The summed E-state index contributed by atoms with van der Waals surface area (Å²) in [5, 5.41) is 7.62. The number of rotatable bonds is 3. The standard InChI is InChI=1S/C16H19ClN4O.ClH/c1-16(9-18)6-7-21(10-16)15(22)13-8-19-20-14(13)11-2-4-12(17)5-3-11;/h2-5,8H,6-7,9-10,18H2,1H3,(H,19,20);1H. The highest BCUT2D eigenvalue weighted by Gasteiger charge is 2.36. The number of benzene rings is 1. The first-order valence-electron chi connectivity index (χ1n) is 7.31.